The molecule has 0 aliphatic carbocycles. The molecule has 0 fully saturated rings. The van der Waals surface area contributed by atoms with Crippen molar-refractivity contribution in [2.24, 2.45) is 0 Å². The van der Waals surface area contributed by atoms with E-state index in [-0.39, 0.29) is 17.9 Å². The Hall–Kier alpha value is -1.89. The standard InChI is InChI=1S/C8H8N4O2S/c1-14-8-10-7(11-12-8)9-6(13)5-3-2-4-15-5/h2-4H,1H3,(H2,9,10,11,12,13). The fourth-order valence-corrected chi connectivity index (χ4v) is 1.59. The normalized spacial score (nSPS) is 9.93. The zero-order valence-electron chi connectivity index (χ0n) is 7.85. The molecule has 2 aromatic rings. The van der Waals surface area contributed by atoms with Gasteiger partial charge in [-0.25, -0.2) is 5.10 Å². The smallest absolute Gasteiger partial charge is 0.336 e. The van der Waals surface area contributed by atoms with Crippen LogP contribution in [0.2, 0.25) is 0 Å². The largest absolute Gasteiger partial charge is 0.466 e. The summed E-state index contributed by atoms with van der Waals surface area (Å²) in [6.07, 6.45) is 0. The molecule has 0 radical (unpaired) electrons. The SMILES string of the molecule is COc1n[nH]c(NC(=O)c2cccs2)n1. The first-order chi connectivity index (χ1) is 7.29. The van der Waals surface area contributed by atoms with E-state index in [0.717, 1.165) is 0 Å². The van der Waals surface area contributed by atoms with Crippen LogP contribution < -0.4 is 10.1 Å². The summed E-state index contributed by atoms with van der Waals surface area (Å²) in [5, 5.41) is 10.6. The number of ether oxygens (including phenoxy) is 1. The quantitative estimate of drug-likeness (QED) is 0.818. The number of hydrogen-bond acceptors (Lipinski definition) is 5. The van der Waals surface area contributed by atoms with E-state index in [2.05, 4.69) is 20.5 Å². The van der Waals surface area contributed by atoms with Crippen LogP contribution in [0.1, 0.15) is 9.67 Å². The van der Waals surface area contributed by atoms with Gasteiger partial charge in [0.2, 0.25) is 5.95 Å². The molecule has 2 rings (SSSR count). The Morgan fingerprint density at radius 2 is 2.53 bits per heavy atom. The van der Waals surface area contributed by atoms with Crippen LogP contribution in [0.15, 0.2) is 17.5 Å². The van der Waals surface area contributed by atoms with E-state index in [4.69, 9.17) is 4.74 Å². The van der Waals surface area contributed by atoms with E-state index in [1.54, 1.807) is 12.1 Å². The van der Waals surface area contributed by atoms with Crippen molar-refractivity contribution in [1.29, 1.82) is 0 Å². The molecule has 2 aromatic heterocycles. The molecule has 2 N–H and O–H groups in total. The highest BCUT2D eigenvalue weighted by Gasteiger charge is 2.09. The molecule has 0 bridgehead atoms. The van der Waals surface area contributed by atoms with E-state index in [1.807, 2.05) is 5.38 Å². The molecule has 2 heterocycles. The summed E-state index contributed by atoms with van der Waals surface area (Å²) in [6, 6.07) is 3.73. The first kappa shape index (κ1) is 9.66. The van der Waals surface area contributed by atoms with Crippen LogP contribution in [0.3, 0.4) is 0 Å². The Morgan fingerprint density at radius 1 is 1.67 bits per heavy atom. The molecule has 7 heteroatoms. The minimum Gasteiger partial charge on any atom is -0.466 e. The van der Waals surface area contributed by atoms with Crippen molar-refractivity contribution in [3.8, 4) is 6.01 Å². The van der Waals surface area contributed by atoms with Crippen LogP contribution in [0.25, 0.3) is 0 Å². The molecule has 0 spiro atoms. The van der Waals surface area contributed by atoms with E-state index in [1.165, 1.54) is 18.4 Å². The van der Waals surface area contributed by atoms with Crippen molar-refractivity contribution in [1.82, 2.24) is 15.2 Å². The Balaban J connectivity index is 2.06. The maximum Gasteiger partial charge on any atom is 0.336 e. The number of hydrogen-bond donors (Lipinski definition) is 2. The fourth-order valence-electron chi connectivity index (χ4n) is 0.971. The summed E-state index contributed by atoms with van der Waals surface area (Å²) in [6.45, 7) is 0. The monoisotopic (exact) mass is 224 g/mol. The number of aromatic amines is 1. The van der Waals surface area contributed by atoms with Crippen LogP contribution in [0.5, 0.6) is 6.01 Å². The average molecular weight is 224 g/mol. The molecule has 15 heavy (non-hydrogen) atoms. The predicted molar refractivity (Wildman–Crippen MR) is 55.2 cm³/mol. The predicted octanol–water partition coefficient (Wildman–Crippen LogP) is 1.13. The van der Waals surface area contributed by atoms with Crippen LogP contribution in [0.4, 0.5) is 5.95 Å². The van der Waals surface area contributed by atoms with Gasteiger partial charge >= 0.3 is 6.01 Å². The van der Waals surface area contributed by atoms with Gasteiger partial charge in [-0.1, -0.05) is 6.07 Å². The van der Waals surface area contributed by atoms with Crippen molar-refractivity contribution in [2.45, 2.75) is 0 Å². The average Bonchev–Trinajstić information content (AvgIpc) is 2.87. The molecular formula is C8H8N4O2S. The van der Waals surface area contributed by atoms with Gasteiger partial charge in [0.25, 0.3) is 5.91 Å². The summed E-state index contributed by atoms with van der Waals surface area (Å²) < 4.78 is 4.76. The third-order valence-corrected chi connectivity index (χ3v) is 2.49. The number of methoxy groups -OCH3 is 1. The van der Waals surface area contributed by atoms with E-state index < -0.39 is 0 Å². The molecular weight excluding hydrogens is 216 g/mol. The molecule has 0 aliphatic heterocycles. The zero-order chi connectivity index (χ0) is 10.7. The molecule has 1 amide bonds. The third kappa shape index (κ3) is 2.13. The van der Waals surface area contributed by atoms with Crippen molar-refractivity contribution in [3.63, 3.8) is 0 Å². The second-order valence-corrected chi connectivity index (χ2v) is 3.55. The van der Waals surface area contributed by atoms with Crippen molar-refractivity contribution in [2.75, 3.05) is 12.4 Å². The summed E-state index contributed by atoms with van der Waals surface area (Å²) in [7, 11) is 1.45. The minimum absolute atomic E-state index is 0.191. The van der Waals surface area contributed by atoms with Crippen molar-refractivity contribution < 1.29 is 9.53 Å². The number of amides is 1. The fraction of sp³-hybridized carbons (Fsp3) is 0.125. The topological polar surface area (TPSA) is 79.9 Å². The Kier molecular flexibility index (Phi) is 2.64. The number of aromatic nitrogens is 3. The molecule has 78 valence electrons. The van der Waals surface area contributed by atoms with Gasteiger partial charge in [0.05, 0.1) is 12.0 Å². The van der Waals surface area contributed by atoms with Crippen LogP contribution in [-0.2, 0) is 0 Å². The second kappa shape index (κ2) is 4.09. The number of anilines is 1. The lowest BCUT2D eigenvalue weighted by atomic mass is 10.4. The number of carbonyl (C=O) groups is 1. The number of nitrogens with zero attached hydrogens (tertiary/aromatic N) is 2. The lowest BCUT2D eigenvalue weighted by molar-refractivity contribution is 0.102. The lowest BCUT2D eigenvalue weighted by Crippen LogP contribution is -2.11. The molecule has 0 unspecified atom stereocenters. The van der Waals surface area contributed by atoms with Crippen LogP contribution >= 0.6 is 11.3 Å². The van der Waals surface area contributed by atoms with E-state index >= 15 is 0 Å². The third-order valence-electron chi connectivity index (χ3n) is 1.62. The highest BCUT2D eigenvalue weighted by atomic mass is 32.1. The van der Waals surface area contributed by atoms with Gasteiger partial charge in [0.15, 0.2) is 0 Å². The first-order valence-electron chi connectivity index (χ1n) is 4.11. The molecule has 0 aliphatic rings. The number of H-pyrrole nitrogens is 1. The Morgan fingerprint density at radius 3 is 3.13 bits per heavy atom. The molecule has 0 saturated carbocycles. The summed E-state index contributed by atoms with van der Waals surface area (Å²) in [5.41, 5.74) is 0. The van der Waals surface area contributed by atoms with Crippen LogP contribution in [0, 0.1) is 0 Å². The summed E-state index contributed by atoms with van der Waals surface area (Å²) >= 11 is 1.36. The molecule has 0 atom stereocenters. The number of thiophene rings is 1. The maximum absolute atomic E-state index is 11.5. The number of carbonyl (C=O) groups excluding carboxylic acids is 1. The molecule has 6 nitrogen and oxygen atoms in total. The summed E-state index contributed by atoms with van der Waals surface area (Å²) in [5.74, 6) is 0.0500. The zero-order valence-corrected chi connectivity index (χ0v) is 8.67. The van der Waals surface area contributed by atoms with Gasteiger partial charge < -0.3 is 4.74 Å². The Bertz CT molecular complexity index is 451. The minimum atomic E-state index is -0.219. The second-order valence-electron chi connectivity index (χ2n) is 2.60. The molecule has 0 saturated heterocycles. The van der Waals surface area contributed by atoms with Crippen molar-refractivity contribution in [3.05, 3.63) is 22.4 Å². The van der Waals surface area contributed by atoms with Crippen molar-refractivity contribution >= 4 is 23.2 Å². The lowest BCUT2D eigenvalue weighted by Gasteiger charge is -1.96. The number of rotatable bonds is 3. The molecule has 0 aromatic carbocycles. The van der Waals surface area contributed by atoms with E-state index in [9.17, 15) is 4.79 Å². The first-order valence-corrected chi connectivity index (χ1v) is 4.99. The highest BCUT2D eigenvalue weighted by molar-refractivity contribution is 7.12. The number of nitrogens with one attached hydrogen (secondary N) is 2. The van der Waals surface area contributed by atoms with Gasteiger partial charge in [-0.05, 0) is 11.4 Å². The van der Waals surface area contributed by atoms with Gasteiger partial charge in [-0.2, -0.15) is 4.98 Å². The van der Waals surface area contributed by atoms with Gasteiger partial charge in [0, 0.05) is 0 Å². The highest BCUT2D eigenvalue weighted by Crippen LogP contribution is 2.11. The van der Waals surface area contributed by atoms with Gasteiger partial charge in [-0.3, -0.25) is 10.1 Å². The Labute approximate surface area is 89.3 Å². The summed E-state index contributed by atoms with van der Waals surface area (Å²) in [4.78, 5) is 16.0. The van der Waals surface area contributed by atoms with Gasteiger partial charge in [-0.15, -0.1) is 16.4 Å². The maximum atomic E-state index is 11.5. The van der Waals surface area contributed by atoms with Gasteiger partial charge in [0.1, 0.15) is 0 Å². The van der Waals surface area contributed by atoms with E-state index in [0.29, 0.717) is 4.88 Å². The van der Waals surface area contributed by atoms with Crippen LogP contribution in [-0.4, -0.2) is 28.2 Å².